The lowest BCUT2D eigenvalue weighted by molar-refractivity contribution is 0.0211. The summed E-state index contributed by atoms with van der Waals surface area (Å²) in [6.07, 6.45) is 6.03. The van der Waals surface area contributed by atoms with E-state index in [0.717, 1.165) is 49.8 Å². The molecule has 1 aliphatic heterocycles. The maximum absolute atomic E-state index is 12.9. The number of methoxy groups -OCH3 is 1. The average molecular weight is 317 g/mol. The summed E-state index contributed by atoms with van der Waals surface area (Å²) in [7, 11) is 1.67. The van der Waals surface area contributed by atoms with E-state index in [1.54, 1.807) is 7.11 Å². The summed E-state index contributed by atoms with van der Waals surface area (Å²) in [5, 5.41) is 10.3. The number of nitrogens with zero attached hydrogens (tertiary/aromatic N) is 1. The first-order valence-electron chi connectivity index (χ1n) is 8.77. The summed E-state index contributed by atoms with van der Waals surface area (Å²) >= 11 is 0. The topological polar surface area (TPSA) is 49.8 Å². The van der Waals surface area contributed by atoms with Crippen molar-refractivity contribution in [3.8, 4) is 0 Å². The van der Waals surface area contributed by atoms with Gasteiger partial charge in [0.05, 0.1) is 12.7 Å². The third-order valence-electron chi connectivity index (χ3n) is 5.35. The zero-order valence-electron chi connectivity index (χ0n) is 13.9. The number of ether oxygens (including phenoxy) is 1. The molecule has 23 heavy (non-hydrogen) atoms. The van der Waals surface area contributed by atoms with E-state index in [0.29, 0.717) is 6.61 Å². The average Bonchev–Trinajstić information content (AvgIpc) is 3.05. The van der Waals surface area contributed by atoms with E-state index in [-0.39, 0.29) is 24.0 Å². The molecule has 1 N–H and O–H groups in total. The molecular formula is C19H27NO3. The lowest BCUT2D eigenvalue weighted by Crippen LogP contribution is -2.45. The number of aliphatic hydroxyl groups excluding tert-OH is 1. The Kier molecular flexibility index (Phi) is 5.34. The number of rotatable bonds is 4. The molecule has 1 aliphatic carbocycles. The fraction of sp³-hybridized carbons (Fsp3) is 0.632. The summed E-state index contributed by atoms with van der Waals surface area (Å²) in [4.78, 5) is 14.9. The highest BCUT2D eigenvalue weighted by Crippen LogP contribution is 2.35. The normalized spacial score (nSPS) is 28.1. The van der Waals surface area contributed by atoms with E-state index in [4.69, 9.17) is 4.74 Å². The Morgan fingerprint density at radius 2 is 1.91 bits per heavy atom. The molecule has 1 heterocycles. The van der Waals surface area contributed by atoms with Crippen LogP contribution in [0.25, 0.3) is 0 Å². The fourth-order valence-corrected chi connectivity index (χ4v) is 4.15. The van der Waals surface area contributed by atoms with E-state index >= 15 is 0 Å². The second-order valence-corrected chi connectivity index (χ2v) is 6.85. The highest BCUT2D eigenvalue weighted by Gasteiger charge is 2.39. The number of carbonyl (C=O) groups is 1. The molecule has 0 unspecified atom stereocenters. The number of amides is 1. The number of benzene rings is 1. The van der Waals surface area contributed by atoms with E-state index in [2.05, 4.69) is 0 Å². The molecule has 2 fully saturated rings. The van der Waals surface area contributed by atoms with Gasteiger partial charge in [-0.2, -0.15) is 0 Å². The minimum absolute atomic E-state index is 0.106. The Labute approximate surface area is 138 Å². The smallest absolute Gasteiger partial charge is 0.254 e. The van der Waals surface area contributed by atoms with E-state index in [1.165, 1.54) is 6.42 Å². The van der Waals surface area contributed by atoms with Gasteiger partial charge in [0.25, 0.3) is 5.91 Å². The van der Waals surface area contributed by atoms with Gasteiger partial charge < -0.3 is 14.7 Å². The first kappa shape index (κ1) is 16.5. The van der Waals surface area contributed by atoms with Crippen molar-refractivity contribution >= 4 is 5.91 Å². The maximum Gasteiger partial charge on any atom is 0.254 e. The van der Waals surface area contributed by atoms with E-state index in [9.17, 15) is 9.90 Å². The Morgan fingerprint density at radius 1 is 1.17 bits per heavy atom. The molecule has 0 bridgehead atoms. The van der Waals surface area contributed by atoms with Crippen LogP contribution in [0.3, 0.4) is 0 Å². The minimum atomic E-state index is -0.244. The first-order chi connectivity index (χ1) is 11.2. The molecule has 126 valence electrons. The molecular weight excluding hydrogens is 290 g/mol. The molecule has 0 spiro atoms. The van der Waals surface area contributed by atoms with Crippen LogP contribution in [0.4, 0.5) is 0 Å². The van der Waals surface area contributed by atoms with Crippen molar-refractivity contribution < 1.29 is 14.6 Å². The second kappa shape index (κ2) is 7.45. The van der Waals surface area contributed by atoms with Crippen LogP contribution >= 0.6 is 0 Å². The van der Waals surface area contributed by atoms with Crippen molar-refractivity contribution in [1.82, 2.24) is 4.90 Å². The monoisotopic (exact) mass is 317 g/mol. The molecule has 1 aromatic carbocycles. The van der Waals surface area contributed by atoms with Gasteiger partial charge in [0.2, 0.25) is 0 Å². The van der Waals surface area contributed by atoms with Crippen LogP contribution in [0.5, 0.6) is 0 Å². The van der Waals surface area contributed by atoms with Gasteiger partial charge in [-0.05, 0) is 43.4 Å². The Morgan fingerprint density at radius 3 is 2.61 bits per heavy atom. The molecule has 2 aliphatic rings. The predicted octanol–water partition coefficient (Wildman–Crippen LogP) is 2.99. The highest BCUT2D eigenvalue weighted by molar-refractivity contribution is 5.94. The maximum atomic E-state index is 12.9. The van der Waals surface area contributed by atoms with Gasteiger partial charge in [0.15, 0.2) is 0 Å². The summed E-state index contributed by atoms with van der Waals surface area (Å²) in [5.74, 6) is 0.359. The number of hydrogen-bond donors (Lipinski definition) is 1. The standard InChI is InChI=1S/C19H27NO3/c1-23-13-14-8-10-15(11-9-14)19(22)20-12-4-6-17(20)16-5-2-3-7-18(16)21/h8-11,16-18,21H,2-7,12-13H2,1H3/t16-,17+,18-/m0/s1. The summed E-state index contributed by atoms with van der Waals surface area (Å²) in [6.45, 7) is 1.38. The van der Waals surface area contributed by atoms with Crippen molar-refractivity contribution in [2.45, 2.75) is 57.3 Å². The van der Waals surface area contributed by atoms with Crippen LogP contribution in [0.15, 0.2) is 24.3 Å². The summed E-state index contributed by atoms with van der Waals surface area (Å²) in [5.41, 5.74) is 1.81. The van der Waals surface area contributed by atoms with Crippen molar-refractivity contribution in [2.24, 2.45) is 5.92 Å². The van der Waals surface area contributed by atoms with Crippen molar-refractivity contribution in [3.63, 3.8) is 0 Å². The number of aliphatic hydroxyl groups is 1. The SMILES string of the molecule is COCc1ccc(C(=O)N2CCC[C@@H]2[C@@H]2CCCC[C@@H]2O)cc1. The van der Waals surface area contributed by atoms with Crippen molar-refractivity contribution in [2.75, 3.05) is 13.7 Å². The third kappa shape index (κ3) is 3.59. The number of carbonyl (C=O) groups excluding carboxylic acids is 1. The molecule has 3 atom stereocenters. The third-order valence-corrected chi connectivity index (χ3v) is 5.35. The second-order valence-electron chi connectivity index (χ2n) is 6.85. The Balaban J connectivity index is 1.72. The number of hydrogen-bond acceptors (Lipinski definition) is 3. The molecule has 1 aromatic rings. The van der Waals surface area contributed by atoms with Gasteiger partial charge >= 0.3 is 0 Å². The molecule has 4 nitrogen and oxygen atoms in total. The zero-order chi connectivity index (χ0) is 16.2. The van der Waals surface area contributed by atoms with Crippen LogP contribution in [0.1, 0.15) is 54.4 Å². The van der Waals surface area contributed by atoms with Crippen LogP contribution in [0, 0.1) is 5.92 Å². The Bertz CT molecular complexity index is 528. The quantitative estimate of drug-likeness (QED) is 0.929. The number of likely N-dealkylation sites (tertiary alicyclic amines) is 1. The lowest BCUT2D eigenvalue weighted by atomic mass is 9.80. The van der Waals surface area contributed by atoms with Gasteiger partial charge in [0, 0.05) is 31.2 Å². The largest absolute Gasteiger partial charge is 0.393 e. The predicted molar refractivity (Wildman–Crippen MR) is 89.2 cm³/mol. The summed E-state index contributed by atoms with van der Waals surface area (Å²) < 4.78 is 5.11. The van der Waals surface area contributed by atoms with Gasteiger partial charge in [-0.3, -0.25) is 4.79 Å². The molecule has 1 amide bonds. The zero-order valence-corrected chi connectivity index (χ0v) is 13.9. The molecule has 1 saturated heterocycles. The van der Waals surface area contributed by atoms with Crippen molar-refractivity contribution in [1.29, 1.82) is 0 Å². The molecule has 0 radical (unpaired) electrons. The van der Waals surface area contributed by atoms with Gasteiger partial charge in [-0.15, -0.1) is 0 Å². The molecule has 4 heteroatoms. The van der Waals surface area contributed by atoms with Gasteiger partial charge in [-0.25, -0.2) is 0 Å². The molecule has 1 saturated carbocycles. The van der Waals surface area contributed by atoms with Crippen LogP contribution in [-0.4, -0.2) is 41.7 Å². The van der Waals surface area contributed by atoms with E-state index < -0.39 is 0 Å². The first-order valence-corrected chi connectivity index (χ1v) is 8.77. The molecule has 3 rings (SSSR count). The van der Waals surface area contributed by atoms with Crippen LogP contribution in [0.2, 0.25) is 0 Å². The van der Waals surface area contributed by atoms with Crippen LogP contribution < -0.4 is 0 Å². The minimum Gasteiger partial charge on any atom is -0.393 e. The highest BCUT2D eigenvalue weighted by atomic mass is 16.5. The van der Waals surface area contributed by atoms with Crippen LogP contribution in [-0.2, 0) is 11.3 Å². The van der Waals surface area contributed by atoms with Crippen molar-refractivity contribution in [3.05, 3.63) is 35.4 Å². The fourth-order valence-electron chi connectivity index (χ4n) is 4.15. The van der Waals surface area contributed by atoms with E-state index in [1.807, 2.05) is 29.2 Å². The Hall–Kier alpha value is -1.39. The van der Waals surface area contributed by atoms with Gasteiger partial charge in [-0.1, -0.05) is 25.0 Å². The lowest BCUT2D eigenvalue weighted by Gasteiger charge is -2.37. The molecule has 0 aromatic heterocycles. The summed E-state index contributed by atoms with van der Waals surface area (Å²) in [6, 6.07) is 7.90. The van der Waals surface area contributed by atoms with Gasteiger partial charge in [0.1, 0.15) is 0 Å².